The summed E-state index contributed by atoms with van der Waals surface area (Å²) in [6, 6.07) is 6.60. The highest BCUT2D eigenvalue weighted by atomic mass is 35.5. The van der Waals surface area contributed by atoms with E-state index in [0.717, 1.165) is 32.2 Å². The van der Waals surface area contributed by atoms with Crippen molar-refractivity contribution in [2.75, 3.05) is 19.6 Å². The summed E-state index contributed by atoms with van der Waals surface area (Å²) in [5.74, 6) is -0.159. The van der Waals surface area contributed by atoms with Crippen molar-refractivity contribution >= 4 is 28.3 Å². The smallest absolute Gasteiger partial charge is 0.251 e. The summed E-state index contributed by atoms with van der Waals surface area (Å²) in [6.07, 6.45) is 3.53. The number of sulfonamides is 1. The molecule has 0 saturated carbocycles. The molecule has 2 unspecified atom stereocenters. The van der Waals surface area contributed by atoms with Crippen molar-refractivity contribution in [2.24, 2.45) is 0 Å². The number of piperidine rings is 1. The van der Waals surface area contributed by atoms with Gasteiger partial charge in [0.15, 0.2) is 0 Å². The maximum atomic E-state index is 12.8. The number of nitrogens with zero attached hydrogens (tertiary/aromatic N) is 1. The monoisotopic (exact) mass is 417 g/mol. The van der Waals surface area contributed by atoms with Gasteiger partial charge in [-0.05, 0) is 63.4 Å². The number of hydrogen-bond donors (Lipinski definition) is 2. The van der Waals surface area contributed by atoms with Crippen LogP contribution in [0, 0.1) is 0 Å². The second-order valence-electron chi connectivity index (χ2n) is 6.89. The predicted molar refractivity (Wildman–Crippen MR) is 111 cm³/mol. The Bertz CT molecular complexity index is 689. The van der Waals surface area contributed by atoms with E-state index in [-0.39, 0.29) is 35.3 Å². The predicted octanol–water partition coefficient (Wildman–Crippen LogP) is 2.79. The van der Waals surface area contributed by atoms with E-state index >= 15 is 0 Å². The highest BCUT2D eigenvalue weighted by Gasteiger charge is 2.25. The van der Waals surface area contributed by atoms with Gasteiger partial charge in [-0.15, -0.1) is 12.4 Å². The summed E-state index contributed by atoms with van der Waals surface area (Å²) in [4.78, 5) is 12.7. The molecule has 0 aromatic heterocycles. The molecule has 2 rings (SSSR count). The van der Waals surface area contributed by atoms with Gasteiger partial charge in [-0.25, -0.2) is 8.42 Å². The van der Waals surface area contributed by atoms with Gasteiger partial charge in [-0.1, -0.05) is 13.8 Å². The number of hydrogen-bond acceptors (Lipinski definition) is 4. The lowest BCUT2D eigenvalue weighted by Crippen LogP contribution is -2.51. The summed E-state index contributed by atoms with van der Waals surface area (Å²) in [6.45, 7) is 7.98. The van der Waals surface area contributed by atoms with Crippen LogP contribution in [0.2, 0.25) is 0 Å². The lowest BCUT2D eigenvalue weighted by molar-refractivity contribution is 0.0919. The molecule has 1 aliphatic rings. The fourth-order valence-corrected chi connectivity index (χ4v) is 4.90. The molecule has 1 aromatic rings. The molecule has 1 aliphatic heterocycles. The Morgan fingerprint density at radius 2 is 1.78 bits per heavy atom. The summed E-state index contributed by atoms with van der Waals surface area (Å²) in [5.41, 5.74) is 0.485. The van der Waals surface area contributed by atoms with E-state index in [1.807, 2.05) is 13.8 Å². The molecule has 0 spiro atoms. The minimum absolute atomic E-state index is 0. The molecule has 0 radical (unpaired) electrons. The SMILES string of the molecule is CCCN(CCC)S(=O)(=O)c1ccc(C(=O)NC2CCCNC2C)cc1.Cl. The van der Waals surface area contributed by atoms with E-state index in [4.69, 9.17) is 0 Å². The Morgan fingerprint density at radius 3 is 2.30 bits per heavy atom. The zero-order chi connectivity index (χ0) is 19.2. The topological polar surface area (TPSA) is 78.5 Å². The summed E-state index contributed by atoms with van der Waals surface area (Å²) in [5, 5.41) is 6.40. The van der Waals surface area contributed by atoms with Crippen LogP contribution in [0.25, 0.3) is 0 Å². The Morgan fingerprint density at radius 1 is 1.19 bits per heavy atom. The highest BCUT2D eigenvalue weighted by molar-refractivity contribution is 7.89. The summed E-state index contributed by atoms with van der Waals surface area (Å²) >= 11 is 0. The summed E-state index contributed by atoms with van der Waals surface area (Å²) in [7, 11) is -3.51. The molecular formula is C19H32ClN3O3S. The zero-order valence-electron chi connectivity index (χ0n) is 16.4. The Hall–Kier alpha value is -1.15. The Balaban J connectivity index is 0.00000364. The molecule has 27 heavy (non-hydrogen) atoms. The van der Waals surface area contributed by atoms with Crippen LogP contribution in [0.3, 0.4) is 0 Å². The van der Waals surface area contributed by atoms with Crippen molar-refractivity contribution in [3.63, 3.8) is 0 Å². The van der Waals surface area contributed by atoms with Gasteiger partial charge in [-0.2, -0.15) is 4.31 Å². The Kier molecular flexibility index (Phi) is 9.73. The number of carbonyl (C=O) groups is 1. The molecule has 6 nitrogen and oxygen atoms in total. The van der Waals surface area contributed by atoms with Gasteiger partial charge in [0, 0.05) is 30.7 Å². The van der Waals surface area contributed by atoms with Crippen molar-refractivity contribution in [1.82, 2.24) is 14.9 Å². The van der Waals surface area contributed by atoms with Crippen LogP contribution in [0.15, 0.2) is 29.2 Å². The van der Waals surface area contributed by atoms with Crippen LogP contribution in [-0.2, 0) is 10.0 Å². The number of rotatable bonds is 8. The highest BCUT2D eigenvalue weighted by Crippen LogP contribution is 2.18. The zero-order valence-corrected chi connectivity index (χ0v) is 18.0. The van der Waals surface area contributed by atoms with Crippen LogP contribution in [-0.4, -0.2) is 50.3 Å². The van der Waals surface area contributed by atoms with Crippen molar-refractivity contribution in [1.29, 1.82) is 0 Å². The molecule has 2 atom stereocenters. The normalized spacial score (nSPS) is 20.1. The molecule has 0 aliphatic carbocycles. The average Bonchev–Trinajstić information content (AvgIpc) is 2.63. The largest absolute Gasteiger partial charge is 0.348 e. The molecule has 8 heteroatoms. The van der Waals surface area contributed by atoms with E-state index in [1.54, 1.807) is 12.1 Å². The standard InChI is InChI=1S/C19H31N3O3S.ClH/c1-4-13-22(14-5-2)26(24,25)17-10-8-16(9-11-17)19(23)21-18-7-6-12-20-15(18)3;/h8-11,15,18,20H,4-7,12-14H2,1-3H3,(H,21,23);1H. The molecule has 1 aromatic carbocycles. The molecule has 0 bridgehead atoms. The first-order valence-corrected chi connectivity index (χ1v) is 11.0. The molecule has 154 valence electrons. The third-order valence-electron chi connectivity index (χ3n) is 4.78. The van der Waals surface area contributed by atoms with Gasteiger partial charge in [0.05, 0.1) is 4.90 Å². The number of carbonyl (C=O) groups excluding carboxylic acids is 1. The van der Waals surface area contributed by atoms with E-state index in [1.165, 1.54) is 16.4 Å². The van der Waals surface area contributed by atoms with Crippen LogP contribution in [0.4, 0.5) is 0 Å². The molecule has 1 amide bonds. The minimum Gasteiger partial charge on any atom is -0.348 e. The maximum absolute atomic E-state index is 12.8. The first-order valence-electron chi connectivity index (χ1n) is 9.54. The van der Waals surface area contributed by atoms with Gasteiger partial charge < -0.3 is 10.6 Å². The van der Waals surface area contributed by atoms with Gasteiger partial charge in [0.2, 0.25) is 10.0 Å². The van der Waals surface area contributed by atoms with Crippen molar-refractivity contribution in [3.8, 4) is 0 Å². The number of amides is 1. The van der Waals surface area contributed by atoms with Crippen molar-refractivity contribution in [3.05, 3.63) is 29.8 Å². The van der Waals surface area contributed by atoms with E-state index in [2.05, 4.69) is 17.6 Å². The van der Waals surface area contributed by atoms with Crippen molar-refractivity contribution < 1.29 is 13.2 Å². The van der Waals surface area contributed by atoms with Crippen LogP contribution in [0.1, 0.15) is 56.8 Å². The molecular weight excluding hydrogens is 386 g/mol. The average molecular weight is 418 g/mol. The van der Waals surface area contributed by atoms with Gasteiger partial charge >= 0.3 is 0 Å². The second kappa shape index (κ2) is 11.0. The lowest BCUT2D eigenvalue weighted by atomic mass is 9.99. The van der Waals surface area contributed by atoms with Gasteiger partial charge in [-0.3, -0.25) is 4.79 Å². The minimum atomic E-state index is -3.51. The third kappa shape index (κ3) is 6.17. The number of benzene rings is 1. The van der Waals surface area contributed by atoms with Gasteiger partial charge in [0.1, 0.15) is 0 Å². The fraction of sp³-hybridized carbons (Fsp3) is 0.632. The Labute approximate surface area is 169 Å². The van der Waals surface area contributed by atoms with Crippen LogP contribution >= 0.6 is 12.4 Å². The summed E-state index contributed by atoms with van der Waals surface area (Å²) < 4.78 is 27.1. The first-order chi connectivity index (χ1) is 12.4. The second-order valence-corrected chi connectivity index (χ2v) is 8.83. The molecule has 1 saturated heterocycles. The molecule has 1 heterocycles. The quantitative estimate of drug-likeness (QED) is 0.681. The van der Waals surface area contributed by atoms with E-state index < -0.39 is 10.0 Å². The lowest BCUT2D eigenvalue weighted by Gasteiger charge is -2.30. The number of nitrogens with one attached hydrogen (secondary N) is 2. The fourth-order valence-electron chi connectivity index (χ4n) is 3.27. The number of halogens is 1. The maximum Gasteiger partial charge on any atom is 0.251 e. The first kappa shape index (κ1) is 23.9. The van der Waals surface area contributed by atoms with Crippen molar-refractivity contribution in [2.45, 2.75) is 63.4 Å². The van der Waals surface area contributed by atoms with E-state index in [9.17, 15) is 13.2 Å². The van der Waals surface area contributed by atoms with Crippen LogP contribution in [0.5, 0.6) is 0 Å². The van der Waals surface area contributed by atoms with Crippen LogP contribution < -0.4 is 10.6 Å². The van der Waals surface area contributed by atoms with Gasteiger partial charge in [0.25, 0.3) is 5.91 Å². The third-order valence-corrected chi connectivity index (χ3v) is 6.69. The van der Waals surface area contributed by atoms with E-state index in [0.29, 0.717) is 18.7 Å². The molecule has 2 N–H and O–H groups in total. The molecule has 1 fully saturated rings.